The second kappa shape index (κ2) is 11.6. The molecule has 0 saturated carbocycles. The highest BCUT2D eigenvalue weighted by molar-refractivity contribution is 5.99. The normalized spacial score (nSPS) is 14.1. The van der Waals surface area contributed by atoms with E-state index in [1.165, 1.54) is 12.1 Å². The van der Waals surface area contributed by atoms with Crippen molar-refractivity contribution in [2.24, 2.45) is 11.7 Å². The first-order chi connectivity index (χ1) is 16.6. The van der Waals surface area contributed by atoms with Gasteiger partial charge in [-0.05, 0) is 73.2 Å². The maximum Gasteiger partial charge on any atom is 0.255 e. The molecule has 1 fully saturated rings. The van der Waals surface area contributed by atoms with Crippen molar-refractivity contribution in [3.8, 4) is 0 Å². The molecule has 0 bridgehead atoms. The van der Waals surface area contributed by atoms with E-state index in [0.717, 1.165) is 42.9 Å². The van der Waals surface area contributed by atoms with Gasteiger partial charge < -0.3 is 21.3 Å². The van der Waals surface area contributed by atoms with Crippen LogP contribution in [0.15, 0.2) is 60.9 Å². The van der Waals surface area contributed by atoms with Crippen LogP contribution < -0.4 is 21.3 Å². The molecule has 4 N–H and O–H groups in total. The zero-order valence-electron chi connectivity index (χ0n) is 19.2. The van der Waals surface area contributed by atoms with Gasteiger partial charge in [0, 0.05) is 38.6 Å². The molecular formula is C26H31FN6O. The first-order valence-electron chi connectivity index (χ1n) is 11.7. The van der Waals surface area contributed by atoms with Crippen LogP contribution in [0.25, 0.3) is 0 Å². The second-order valence-corrected chi connectivity index (χ2v) is 8.58. The lowest BCUT2D eigenvalue weighted by atomic mass is 9.97. The molecule has 7 nitrogen and oxygen atoms in total. The van der Waals surface area contributed by atoms with Crippen LogP contribution in [0, 0.1) is 11.7 Å². The maximum atomic E-state index is 13.5. The van der Waals surface area contributed by atoms with Gasteiger partial charge in [-0.1, -0.05) is 18.2 Å². The summed E-state index contributed by atoms with van der Waals surface area (Å²) < 4.78 is 13.5. The third-order valence-electron chi connectivity index (χ3n) is 6.17. The summed E-state index contributed by atoms with van der Waals surface area (Å²) in [7, 11) is 0. The summed E-state index contributed by atoms with van der Waals surface area (Å²) in [5, 5.41) is 6.25. The van der Waals surface area contributed by atoms with Gasteiger partial charge in [-0.2, -0.15) is 0 Å². The Kier molecular flexibility index (Phi) is 8.04. The van der Waals surface area contributed by atoms with Gasteiger partial charge in [0.15, 0.2) is 0 Å². The van der Waals surface area contributed by atoms with Crippen molar-refractivity contribution >= 4 is 17.5 Å². The van der Waals surface area contributed by atoms with Gasteiger partial charge in [-0.25, -0.2) is 9.37 Å². The summed E-state index contributed by atoms with van der Waals surface area (Å²) in [4.78, 5) is 24.1. The van der Waals surface area contributed by atoms with E-state index in [4.69, 9.17) is 10.7 Å². The van der Waals surface area contributed by atoms with Crippen molar-refractivity contribution < 1.29 is 9.18 Å². The Morgan fingerprint density at radius 2 is 1.94 bits per heavy atom. The van der Waals surface area contributed by atoms with E-state index in [1.54, 1.807) is 18.5 Å². The standard InChI is InChI=1S/C26H31FN6O/c27-22-5-1-3-19(15-22)8-12-30-25-23(26(34)31-18-21-4-2-11-29-17-21)6-7-24(32-25)33-13-9-20(16-28)10-14-33/h1-7,11,15,17,20H,8-10,12-14,16,18,28H2,(H,30,32)(H,31,34). The lowest BCUT2D eigenvalue weighted by Gasteiger charge is -2.32. The molecule has 1 aromatic carbocycles. The van der Waals surface area contributed by atoms with E-state index >= 15 is 0 Å². The minimum absolute atomic E-state index is 0.210. The van der Waals surface area contributed by atoms with Crippen molar-refractivity contribution in [1.82, 2.24) is 15.3 Å². The van der Waals surface area contributed by atoms with Gasteiger partial charge in [0.1, 0.15) is 17.5 Å². The summed E-state index contributed by atoms with van der Waals surface area (Å²) in [6.45, 7) is 3.40. The van der Waals surface area contributed by atoms with Crippen LogP contribution in [0.3, 0.4) is 0 Å². The molecule has 3 aromatic rings. The number of hydrogen-bond acceptors (Lipinski definition) is 6. The molecule has 1 amide bonds. The molecule has 0 aliphatic carbocycles. The fraction of sp³-hybridized carbons (Fsp3) is 0.346. The van der Waals surface area contributed by atoms with Crippen molar-refractivity contribution in [1.29, 1.82) is 0 Å². The third-order valence-corrected chi connectivity index (χ3v) is 6.17. The summed E-state index contributed by atoms with van der Waals surface area (Å²) in [5.41, 5.74) is 8.11. The number of anilines is 2. The summed E-state index contributed by atoms with van der Waals surface area (Å²) in [6, 6.07) is 14.0. The van der Waals surface area contributed by atoms with Gasteiger partial charge in [-0.3, -0.25) is 9.78 Å². The van der Waals surface area contributed by atoms with Gasteiger partial charge in [0.2, 0.25) is 0 Å². The van der Waals surface area contributed by atoms with Crippen molar-refractivity contribution in [3.05, 3.63) is 83.4 Å². The minimum Gasteiger partial charge on any atom is -0.369 e. The quantitative estimate of drug-likeness (QED) is 0.451. The van der Waals surface area contributed by atoms with Crippen LogP contribution in [0.2, 0.25) is 0 Å². The van der Waals surface area contributed by atoms with Crippen molar-refractivity contribution in [3.63, 3.8) is 0 Å². The molecule has 1 saturated heterocycles. The number of nitrogens with zero attached hydrogens (tertiary/aromatic N) is 3. The number of piperidine rings is 1. The van der Waals surface area contributed by atoms with Gasteiger partial charge in [0.05, 0.1) is 5.56 Å². The first-order valence-corrected chi connectivity index (χ1v) is 11.7. The number of hydrogen-bond donors (Lipinski definition) is 3. The predicted octanol–water partition coefficient (Wildman–Crippen LogP) is 3.38. The van der Waals surface area contributed by atoms with Crippen LogP contribution in [-0.4, -0.2) is 42.1 Å². The van der Waals surface area contributed by atoms with Crippen LogP contribution >= 0.6 is 0 Å². The summed E-state index contributed by atoms with van der Waals surface area (Å²) >= 11 is 0. The number of carbonyl (C=O) groups is 1. The van der Waals surface area contributed by atoms with E-state index in [2.05, 4.69) is 20.5 Å². The van der Waals surface area contributed by atoms with Gasteiger partial charge >= 0.3 is 0 Å². The van der Waals surface area contributed by atoms with Crippen LogP contribution in [-0.2, 0) is 13.0 Å². The van der Waals surface area contributed by atoms with E-state index in [-0.39, 0.29) is 11.7 Å². The highest BCUT2D eigenvalue weighted by Gasteiger charge is 2.21. The number of nitrogens with one attached hydrogen (secondary N) is 2. The Hall–Kier alpha value is -3.52. The Labute approximate surface area is 199 Å². The molecule has 4 rings (SSSR count). The number of pyridine rings is 2. The third kappa shape index (κ3) is 6.29. The summed E-state index contributed by atoms with van der Waals surface area (Å²) in [5.74, 6) is 1.45. The van der Waals surface area contributed by atoms with Crippen molar-refractivity contribution in [2.75, 3.05) is 36.4 Å². The molecule has 178 valence electrons. The number of rotatable bonds is 9. The average Bonchev–Trinajstić information content (AvgIpc) is 2.88. The molecular weight excluding hydrogens is 431 g/mol. The molecule has 2 aromatic heterocycles. The lowest BCUT2D eigenvalue weighted by molar-refractivity contribution is 0.0951. The average molecular weight is 463 g/mol. The largest absolute Gasteiger partial charge is 0.369 e. The monoisotopic (exact) mass is 462 g/mol. The number of nitrogens with two attached hydrogens (primary N) is 1. The van der Waals surface area contributed by atoms with E-state index in [0.29, 0.717) is 43.4 Å². The Morgan fingerprint density at radius 3 is 2.68 bits per heavy atom. The molecule has 0 spiro atoms. The number of aromatic nitrogens is 2. The lowest BCUT2D eigenvalue weighted by Crippen LogP contribution is -2.36. The van der Waals surface area contributed by atoms with E-state index in [1.807, 2.05) is 30.3 Å². The van der Waals surface area contributed by atoms with Crippen molar-refractivity contribution in [2.45, 2.75) is 25.8 Å². The number of halogens is 1. The van der Waals surface area contributed by atoms with Gasteiger partial charge in [-0.15, -0.1) is 0 Å². The molecule has 0 unspecified atom stereocenters. The Balaban J connectivity index is 1.48. The minimum atomic E-state index is -0.256. The Morgan fingerprint density at radius 1 is 1.12 bits per heavy atom. The smallest absolute Gasteiger partial charge is 0.255 e. The predicted molar refractivity (Wildman–Crippen MR) is 132 cm³/mol. The molecule has 0 radical (unpaired) electrons. The zero-order valence-corrected chi connectivity index (χ0v) is 19.2. The fourth-order valence-electron chi connectivity index (χ4n) is 4.14. The summed E-state index contributed by atoms with van der Waals surface area (Å²) in [6.07, 6.45) is 6.11. The molecule has 1 aliphatic heterocycles. The van der Waals surface area contributed by atoms with E-state index in [9.17, 15) is 9.18 Å². The number of carbonyl (C=O) groups excluding carboxylic acids is 1. The number of amides is 1. The number of benzene rings is 1. The van der Waals surface area contributed by atoms with Gasteiger partial charge in [0.25, 0.3) is 5.91 Å². The Bertz CT molecular complexity index is 1090. The van der Waals surface area contributed by atoms with Crippen LogP contribution in [0.5, 0.6) is 0 Å². The first kappa shape index (κ1) is 23.6. The SMILES string of the molecule is NCC1CCN(c2ccc(C(=O)NCc3cccnc3)c(NCCc3cccc(F)c3)n2)CC1. The highest BCUT2D eigenvalue weighted by Crippen LogP contribution is 2.24. The molecule has 34 heavy (non-hydrogen) atoms. The molecule has 3 heterocycles. The van der Waals surface area contributed by atoms with Crippen LogP contribution in [0.1, 0.15) is 34.3 Å². The zero-order chi connectivity index (χ0) is 23.8. The fourth-order valence-corrected chi connectivity index (χ4v) is 4.14. The van der Waals surface area contributed by atoms with E-state index < -0.39 is 0 Å². The molecule has 8 heteroatoms. The van der Waals surface area contributed by atoms with Crippen LogP contribution in [0.4, 0.5) is 16.0 Å². The maximum absolute atomic E-state index is 13.5. The molecule has 0 atom stereocenters. The second-order valence-electron chi connectivity index (χ2n) is 8.58. The highest BCUT2D eigenvalue weighted by atomic mass is 19.1. The molecule has 1 aliphatic rings. The topological polar surface area (TPSA) is 96.2 Å².